The normalized spacial score (nSPS) is 26.0. The van der Waals surface area contributed by atoms with Crippen LogP contribution in [0.25, 0.3) is 0 Å². The van der Waals surface area contributed by atoms with Gasteiger partial charge in [0.25, 0.3) is 0 Å². The highest BCUT2D eigenvalue weighted by Crippen LogP contribution is 2.45. The van der Waals surface area contributed by atoms with E-state index in [0.29, 0.717) is 10.8 Å². The molecule has 1 aliphatic carbocycles. The van der Waals surface area contributed by atoms with Crippen LogP contribution in [0.1, 0.15) is 101 Å². The minimum Gasteiger partial charge on any atom is -0.0780 e. The molecule has 1 unspecified atom stereocenters. The fourth-order valence-electron chi connectivity index (χ4n) is 4.82. The Kier molecular flexibility index (Phi) is 8.49. The molecule has 0 heterocycles. The molecule has 0 saturated heterocycles. The van der Waals surface area contributed by atoms with Crippen molar-refractivity contribution in [2.45, 2.75) is 101 Å². The first kappa shape index (κ1) is 22.5. The second kappa shape index (κ2) is 9.43. The van der Waals surface area contributed by atoms with Crippen LogP contribution in [0.15, 0.2) is 23.8 Å². The molecule has 1 rings (SSSR count). The summed E-state index contributed by atoms with van der Waals surface area (Å²) in [6.45, 7) is 21.9. The SMILES string of the molecule is CCC1=CC=CC(C)([C@H](C)C[C@@H](C)[C@H](CC[C@H](C)CC)C(C)(C)C)C1. The molecule has 146 valence electrons. The lowest BCUT2D eigenvalue weighted by molar-refractivity contribution is 0.109. The van der Waals surface area contributed by atoms with Crippen LogP contribution in [0.4, 0.5) is 0 Å². The summed E-state index contributed by atoms with van der Waals surface area (Å²) in [5, 5.41) is 0. The summed E-state index contributed by atoms with van der Waals surface area (Å²) in [6, 6.07) is 0. The molecule has 0 spiro atoms. The second-order valence-corrected chi connectivity index (χ2v) is 10.4. The van der Waals surface area contributed by atoms with Crippen molar-refractivity contribution in [3.05, 3.63) is 23.8 Å². The predicted molar refractivity (Wildman–Crippen MR) is 115 cm³/mol. The van der Waals surface area contributed by atoms with Crippen molar-refractivity contribution in [1.82, 2.24) is 0 Å². The summed E-state index contributed by atoms with van der Waals surface area (Å²) < 4.78 is 0. The summed E-state index contributed by atoms with van der Waals surface area (Å²) >= 11 is 0. The average Bonchev–Trinajstić information content (AvgIpc) is 2.53. The van der Waals surface area contributed by atoms with E-state index in [9.17, 15) is 0 Å². The van der Waals surface area contributed by atoms with Crippen LogP contribution in [0.2, 0.25) is 0 Å². The van der Waals surface area contributed by atoms with Crippen LogP contribution < -0.4 is 0 Å². The molecule has 0 nitrogen and oxygen atoms in total. The molecule has 0 fully saturated rings. The van der Waals surface area contributed by atoms with Crippen molar-refractivity contribution in [3.63, 3.8) is 0 Å². The highest BCUT2D eigenvalue weighted by atomic mass is 14.4. The van der Waals surface area contributed by atoms with Gasteiger partial charge >= 0.3 is 0 Å². The van der Waals surface area contributed by atoms with E-state index in [0.717, 1.165) is 23.7 Å². The Bertz CT molecular complexity index is 447. The molecule has 0 heteroatoms. The van der Waals surface area contributed by atoms with Gasteiger partial charge in [-0.1, -0.05) is 99.0 Å². The molecule has 0 amide bonds. The van der Waals surface area contributed by atoms with E-state index >= 15 is 0 Å². The Balaban J connectivity index is 2.76. The van der Waals surface area contributed by atoms with E-state index < -0.39 is 0 Å². The monoisotopic (exact) mass is 346 g/mol. The van der Waals surface area contributed by atoms with Crippen molar-refractivity contribution in [2.75, 3.05) is 0 Å². The van der Waals surface area contributed by atoms with Gasteiger partial charge in [-0.05, 0) is 60.2 Å². The van der Waals surface area contributed by atoms with Gasteiger partial charge in [-0.15, -0.1) is 0 Å². The molecule has 0 bridgehead atoms. The molecular formula is C25H46. The zero-order valence-electron chi connectivity index (χ0n) is 18.8. The Morgan fingerprint density at radius 3 is 2.24 bits per heavy atom. The summed E-state index contributed by atoms with van der Waals surface area (Å²) in [5.74, 6) is 3.22. The molecule has 25 heavy (non-hydrogen) atoms. The molecule has 0 aromatic heterocycles. The Hall–Kier alpha value is -0.520. The molecule has 5 atom stereocenters. The van der Waals surface area contributed by atoms with Crippen molar-refractivity contribution >= 4 is 0 Å². The smallest absolute Gasteiger partial charge is 0.00805 e. The topological polar surface area (TPSA) is 0 Å². The second-order valence-electron chi connectivity index (χ2n) is 10.4. The van der Waals surface area contributed by atoms with E-state index in [2.05, 4.69) is 80.5 Å². The van der Waals surface area contributed by atoms with Crippen molar-refractivity contribution in [1.29, 1.82) is 0 Å². The van der Waals surface area contributed by atoms with Gasteiger partial charge in [-0.3, -0.25) is 0 Å². The van der Waals surface area contributed by atoms with Crippen LogP contribution in [0, 0.1) is 34.5 Å². The fourth-order valence-corrected chi connectivity index (χ4v) is 4.82. The van der Waals surface area contributed by atoms with Gasteiger partial charge in [-0.25, -0.2) is 0 Å². The number of hydrogen-bond donors (Lipinski definition) is 0. The van der Waals surface area contributed by atoms with Gasteiger partial charge < -0.3 is 0 Å². The molecule has 0 saturated carbocycles. The van der Waals surface area contributed by atoms with Crippen LogP contribution in [-0.2, 0) is 0 Å². The highest BCUT2D eigenvalue weighted by Gasteiger charge is 2.35. The van der Waals surface area contributed by atoms with Gasteiger partial charge in [0.2, 0.25) is 0 Å². The fraction of sp³-hybridized carbons (Fsp3) is 0.840. The first-order valence-electron chi connectivity index (χ1n) is 10.9. The first-order chi connectivity index (χ1) is 11.5. The molecular weight excluding hydrogens is 300 g/mol. The lowest BCUT2D eigenvalue weighted by atomic mass is 9.64. The highest BCUT2D eigenvalue weighted by molar-refractivity contribution is 5.23. The molecule has 1 aliphatic rings. The summed E-state index contributed by atoms with van der Waals surface area (Å²) in [7, 11) is 0. The van der Waals surface area contributed by atoms with E-state index in [4.69, 9.17) is 0 Å². The van der Waals surface area contributed by atoms with Gasteiger partial charge in [0.1, 0.15) is 0 Å². The molecule has 0 aromatic carbocycles. The third kappa shape index (κ3) is 6.61. The van der Waals surface area contributed by atoms with E-state index in [1.165, 1.54) is 38.5 Å². The maximum atomic E-state index is 2.52. The van der Waals surface area contributed by atoms with Crippen molar-refractivity contribution in [2.24, 2.45) is 34.5 Å². The average molecular weight is 347 g/mol. The van der Waals surface area contributed by atoms with Crippen molar-refractivity contribution in [3.8, 4) is 0 Å². The number of rotatable bonds is 9. The van der Waals surface area contributed by atoms with E-state index in [-0.39, 0.29) is 0 Å². The third-order valence-corrected chi connectivity index (χ3v) is 7.19. The number of allylic oxidation sites excluding steroid dienone is 4. The Morgan fingerprint density at radius 2 is 1.72 bits per heavy atom. The summed E-state index contributed by atoms with van der Waals surface area (Å²) in [4.78, 5) is 0. The molecule has 0 aliphatic heterocycles. The van der Waals surface area contributed by atoms with Crippen LogP contribution in [-0.4, -0.2) is 0 Å². The van der Waals surface area contributed by atoms with Crippen molar-refractivity contribution < 1.29 is 0 Å². The van der Waals surface area contributed by atoms with Crippen LogP contribution >= 0.6 is 0 Å². The minimum absolute atomic E-state index is 0.341. The minimum atomic E-state index is 0.341. The maximum absolute atomic E-state index is 2.52. The lowest BCUT2D eigenvalue weighted by Crippen LogP contribution is -2.32. The van der Waals surface area contributed by atoms with Gasteiger partial charge in [-0.2, -0.15) is 0 Å². The van der Waals surface area contributed by atoms with Gasteiger partial charge in [0.05, 0.1) is 0 Å². The van der Waals surface area contributed by atoms with E-state index in [1.807, 2.05) is 0 Å². The number of hydrogen-bond acceptors (Lipinski definition) is 0. The predicted octanol–water partition coefficient (Wildman–Crippen LogP) is 8.44. The quantitative estimate of drug-likeness (QED) is 0.393. The molecule has 0 N–H and O–H groups in total. The summed E-state index contributed by atoms with van der Waals surface area (Å²) in [5.41, 5.74) is 2.37. The molecule has 0 radical (unpaired) electrons. The first-order valence-corrected chi connectivity index (χ1v) is 10.9. The van der Waals surface area contributed by atoms with Gasteiger partial charge in [0.15, 0.2) is 0 Å². The zero-order valence-corrected chi connectivity index (χ0v) is 18.8. The zero-order chi connectivity index (χ0) is 19.3. The maximum Gasteiger partial charge on any atom is -0.00805 e. The summed E-state index contributed by atoms with van der Waals surface area (Å²) in [6.07, 6.45) is 15.0. The van der Waals surface area contributed by atoms with Gasteiger partial charge in [0, 0.05) is 0 Å². The van der Waals surface area contributed by atoms with Crippen LogP contribution in [0.5, 0.6) is 0 Å². The van der Waals surface area contributed by atoms with E-state index in [1.54, 1.807) is 5.57 Å². The lowest BCUT2D eigenvalue weighted by Gasteiger charge is -2.41. The Morgan fingerprint density at radius 1 is 1.08 bits per heavy atom. The van der Waals surface area contributed by atoms with Crippen LogP contribution in [0.3, 0.4) is 0 Å². The Labute approximate surface area is 159 Å². The third-order valence-electron chi connectivity index (χ3n) is 7.19. The largest absolute Gasteiger partial charge is 0.0780 e. The standard InChI is InChI=1S/C25H46/c1-10-19(3)14-15-23(24(6,7)8)20(4)17-21(5)25(9)16-12-13-22(11-2)18-25/h12-13,16,19-21,23H,10-11,14-15,17-18H2,1-9H3/t19-,20-,21-,23+,25?/m1/s1. The molecule has 0 aromatic rings.